The van der Waals surface area contributed by atoms with E-state index in [0.29, 0.717) is 6.04 Å². The van der Waals surface area contributed by atoms with Crippen LogP contribution in [0.15, 0.2) is 18.2 Å². The molecular weight excluding hydrogens is 232 g/mol. The minimum atomic E-state index is 0.0956. The maximum absolute atomic E-state index is 6.36. The van der Waals surface area contributed by atoms with Crippen molar-refractivity contribution in [3.05, 3.63) is 34.9 Å². The summed E-state index contributed by atoms with van der Waals surface area (Å²) in [6.07, 6.45) is 1.22. The Morgan fingerprint density at radius 1 is 1.05 bits per heavy atom. The lowest BCUT2D eigenvalue weighted by atomic mass is 10.00. The Labute approximate surface area is 119 Å². The third-order valence-corrected chi connectivity index (χ3v) is 3.72. The number of benzene rings is 1. The van der Waals surface area contributed by atoms with Crippen LogP contribution in [-0.4, -0.2) is 24.5 Å². The Morgan fingerprint density at radius 3 is 2.05 bits per heavy atom. The second-order valence-electron chi connectivity index (χ2n) is 6.45. The zero-order chi connectivity index (χ0) is 14.6. The molecular formula is C17H30N2. The molecule has 0 heterocycles. The van der Waals surface area contributed by atoms with Gasteiger partial charge in [0.1, 0.15) is 0 Å². The van der Waals surface area contributed by atoms with E-state index in [1.54, 1.807) is 0 Å². The molecule has 0 saturated carbocycles. The molecule has 0 aromatic heterocycles. The molecule has 2 nitrogen and oxygen atoms in total. The first-order chi connectivity index (χ1) is 8.79. The van der Waals surface area contributed by atoms with E-state index in [9.17, 15) is 0 Å². The number of hydrogen-bond donors (Lipinski definition) is 1. The monoisotopic (exact) mass is 262 g/mol. The van der Waals surface area contributed by atoms with Gasteiger partial charge in [0.25, 0.3) is 0 Å². The smallest absolute Gasteiger partial charge is 0.0424 e. The number of aryl methyl sites for hydroxylation is 2. The van der Waals surface area contributed by atoms with Crippen LogP contribution in [0.5, 0.6) is 0 Å². The molecule has 0 aliphatic heterocycles. The molecule has 0 saturated heterocycles. The van der Waals surface area contributed by atoms with Crippen molar-refractivity contribution < 1.29 is 0 Å². The molecule has 0 bridgehead atoms. The van der Waals surface area contributed by atoms with Crippen LogP contribution in [0.1, 0.15) is 49.9 Å². The third kappa shape index (κ3) is 5.33. The molecule has 0 aliphatic rings. The Kier molecular flexibility index (Phi) is 6.02. The first-order valence-corrected chi connectivity index (χ1v) is 7.33. The highest BCUT2D eigenvalue weighted by molar-refractivity contribution is 5.30. The second kappa shape index (κ2) is 7.06. The first kappa shape index (κ1) is 16.2. The number of hydrogen-bond acceptors (Lipinski definition) is 2. The van der Waals surface area contributed by atoms with Crippen LogP contribution in [-0.2, 0) is 0 Å². The van der Waals surface area contributed by atoms with Gasteiger partial charge in [-0.15, -0.1) is 0 Å². The van der Waals surface area contributed by atoms with Gasteiger partial charge < -0.3 is 10.6 Å². The van der Waals surface area contributed by atoms with E-state index in [0.717, 1.165) is 12.5 Å². The van der Waals surface area contributed by atoms with E-state index < -0.39 is 0 Å². The van der Waals surface area contributed by atoms with Crippen LogP contribution < -0.4 is 5.73 Å². The predicted octanol–water partition coefficient (Wildman–Crippen LogP) is 3.67. The van der Waals surface area contributed by atoms with Crippen LogP contribution in [0.25, 0.3) is 0 Å². The van der Waals surface area contributed by atoms with Gasteiger partial charge in [-0.3, -0.25) is 0 Å². The van der Waals surface area contributed by atoms with Gasteiger partial charge in [0.2, 0.25) is 0 Å². The largest absolute Gasteiger partial charge is 0.323 e. The van der Waals surface area contributed by atoms with E-state index in [4.69, 9.17) is 5.73 Å². The Morgan fingerprint density at radius 2 is 1.58 bits per heavy atom. The summed E-state index contributed by atoms with van der Waals surface area (Å²) in [6.45, 7) is 12.0. The van der Waals surface area contributed by atoms with Crippen molar-refractivity contribution in [2.75, 3.05) is 13.6 Å². The van der Waals surface area contributed by atoms with Gasteiger partial charge in [-0.2, -0.15) is 0 Å². The van der Waals surface area contributed by atoms with Crippen molar-refractivity contribution in [3.8, 4) is 0 Å². The van der Waals surface area contributed by atoms with Crippen LogP contribution in [0.4, 0.5) is 0 Å². The maximum Gasteiger partial charge on any atom is 0.0424 e. The van der Waals surface area contributed by atoms with Gasteiger partial charge in [-0.1, -0.05) is 43.2 Å². The average Bonchev–Trinajstić information content (AvgIpc) is 2.26. The molecule has 1 rings (SSSR count). The Bertz CT molecular complexity index is 378. The van der Waals surface area contributed by atoms with Crippen molar-refractivity contribution in [1.82, 2.24) is 4.90 Å². The van der Waals surface area contributed by atoms with Gasteiger partial charge in [0.05, 0.1) is 0 Å². The van der Waals surface area contributed by atoms with Crippen LogP contribution >= 0.6 is 0 Å². The van der Waals surface area contributed by atoms with Crippen LogP contribution in [0, 0.1) is 19.8 Å². The molecule has 1 aromatic carbocycles. The SMILES string of the molecule is Cc1cc(C)cc(C(N)CN(C)C(C)CC(C)C)c1. The fourth-order valence-corrected chi connectivity index (χ4v) is 2.68. The molecule has 2 unspecified atom stereocenters. The summed E-state index contributed by atoms with van der Waals surface area (Å²) in [6, 6.07) is 7.29. The van der Waals surface area contributed by atoms with Crippen LogP contribution in [0.3, 0.4) is 0 Å². The lowest BCUT2D eigenvalue weighted by Gasteiger charge is -2.29. The summed E-state index contributed by atoms with van der Waals surface area (Å²) in [7, 11) is 2.18. The minimum absolute atomic E-state index is 0.0956. The zero-order valence-electron chi connectivity index (χ0n) is 13.4. The molecule has 0 fully saturated rings. The van der Waals surface area contributed by atoms with E-state index in [1.165, 1.54) is 23.1 Å². The summed E-state index contributed by atoms with van der Waals surface area (Å²) in [5.74, 6) is 0.731. The molecule has 19 heavy (non-hydrogen) atoms. The molecule has 108 valence electrons. The summed E-state index contributed by atoms with van der Waals surface area (Å²) in [5, 5.41) is 0. The van der Waals surface area contributed by atoms with Gasteiger partial charge in [-0.05, 0) is 45.7 Å². The first-order valence-electron chi connectivity index (χ1n) is 7.33. The average molecular weight is 262 g/mol. The Balaban J connectivity index is 2.65. The lowest BCUT2D eigenvalue weighted by molar-refractivity contribution is 0.216. The van der Waals surface area contributed by atoms with E-state index >= 15 is 0 Å². The number of nitrogens with two attached hydrogens (primary N) is 1. The standard InChI is InChI=1S/C17H30N2/c1-12(2)7-15(5)19(6)11-17(18)16-9-13(3)8-14(4)10-16/h8-10,12,15,17H,7,11,18H2,1-6H3. The van der Waals surface area contributed by atoms with Crippen molar-refractivity contribution in [2.45, 2.75) is 53.1 Å². The van der Waals surface area contributed by atoms with Gasteiger partial charge in [0, 0.05) is 18.6 Å². The topological polar surface area (TPSA) is 29.3 Å². The van der Waals surface area contributed by atoms with Crippen molar-refractivity contribution in [3.63, 3.8) is 0 Å². The predicted molar refractivity (Wildman–Crippen MR) is 84.4 cm³/mol. The highest BCUT2D eigenvalue weighted by Gasteiger charge is 2.15. The number of nitrogens with zero attached hydrogens (tertiary/aromatic N) is 1. The van der Waals surface area contributed by atoms with E-state index in [-0.39, 0.29) is 6.04 Å². The third-order valence-electron chi connectivity index (χ3n) is 3.72. The second-order valence-corrected chi connectivity index (χ2v) is 6.45. The van der Waals surface area contributed by atoms with Gasteiger partial charge in [-0.25, -0.2) is 0 Å². The Hall–Kier alpha value is -0.860. The van der Waals surface area contributed by atoms with Gasteiger partial charge >= 0.3 is 0 Å². The van der Waals surface area contributed by atoms with E-state index in [1.807, 2.05) is 0 Å². The summed E-state index contributed by atoms with van der Waals surface area (Å²) >= 11 is 0. The maximum atomic E-state index is 6.36. The van der Waals surface area contributed by atoms with E-state index in [2.05, 4.69) is 64.8 Å². The highest BCUT2D eigenvalue weighted by Crippen LogP contribution is 2.18. The summed E-state index contributed by atoms with van der Waals surface area (Å²) < 4.78 is 0. The minimum Gasteiger partial charge on any atom is -0.323 e. The normalized spacial score (nSPS) is 15.0. The molecule has 2 N–H and O–H groups in total. The van der Waals surface area contributed by atoms with Gasteiger partial charge in [0.15, 0.2) is 0 Å². The van der Waals surface area contributed by atoms with Crippen molar-refractivity contribution in [1.29, 1.82) is 0 Å². The summed E-state index contributed by atoms with van der Waals surface area (Å²) in [5.41, 5.74) is 10.2. The molecule has 0 aliphatic carbocycles. The lowest BCUT2D eigenvalue weighted by Crippen LogP contribution is -2.36. The fourth-order valence-electron chi connectivity index (χ4n) is 2.68. The molecule has 2 heteroatoms. The zero-order valence-corrected chi connectivity index (χ0v) is 13.4. The summed E-state index contributed by atoms with van der Waals surface area (Å²) in [4.78, 5) is 2.38. The number of likely N-dealkylation sites (N-methyl/N-ethyl adjacent to an activating group) is 1. The molecule has 0 radical (unpaired) electrons. The quantitative estimate of drug-likeness (QED) is 0.847. The molecule has 2 atom stereocenters. The van der Waals surface area contributed by atoms with Crippen molar-refractivity contribution in [2.24, 2.45) is 11.7 Å². The molecule has 0 spiro atoms. The van der Waals surface area contributed by atoms with Crippen LogP contribution in [0.2, 0.25) is 0 Å². The highest BCUT2D eigenvalue weighted by atomic mass is 15.1. The molecule has 0 amide bonds. The molecule has 1 aromatic rings. The number of rotatable bonds is 6. The fraction of sp³-hybridized carbons (Fsp3) is 0.647. The van der Waals surface area contributed by atoms with Crippen molar-refractivity contribution >= 4 is 0 Å².